The van der Waals surface area contributed by atoms with E-state index in [1.807, 2.05) is 0 Å². The zero-order valence-electron chi connectivity index (χ0n) is 16.2. The van der Waals surface area contributed by atoms with E-state index in [-0.39, 0.29) is 11.6 Å². The number of thiazole rings is 1. The average Bonchev–Trinajstić information content (AvgIpc) is 3.36. The summed E-state index contributed by atoms with van der Waals surface area (Å²) in [6.07, 6.45) is 0. The highest BCUT2D eigenvalue weighted by Gasteiger charge is 2.26. The van der Waals surface area contributed by atoms with Crippen molar-refractivity contribution in [3.63, 3.8) is 0 Å². The van der Waals surface area contributed by atoms with Crippen molar-refractivity contribution in [2.45, 2.75) is 6.92 Å². The fourth-order valence-corrected chi connectivity index (χ4v) is 4.46. The Labute approximate surface area is 176 Å². The highest BCUT2D eigenvalue weighted by molar-refractivity contribution is 7.23. The summed E-state index contributed by atoms with van der Waals surface area (Å²) >= 11 is 7.72. The van der Waals surface area contributed by atoms with E-state index in [1.54, 1.807) is 37.1 Å². The lowest BCUT2D eigenvalue weighted by atomic mass is 10.3. The molecule has 154 valence electrons. The maximum Gasteiger partial charge on any atom is 0.282 e. The maximum atomic E-state index is 13.2. The minimum atomic E-state index is -0.260. The lowest BCUT2D eigenvalue weighted by Gasteiger charge is -2.28. The van der Waals surface area contributed by atoms with Crippen molar-refractivity contribution in [3.05, 3.63) is 34.7 Å². The summed E-state index contributed by atoms with van der Waals surface area (Å²) in [4.78, 5) is 21.8. The highest BCUT2D eigenvalue weighted by atomic mass is 35.5. The first kappa shape index (κ1) is 20.1. The van der Waals surface area contributed by atoms with Crippen molar-refractivity contribution >= 4 is 44.2 Å². The van der Waals surface area contributed by atoms with E-state index in [9.17, 15) is 4.79 Å². The van der Waals surface area contributed by atoms with Gasteiger partial charge < -0.3 is 14.0 Å². The van der Waals surface area contributed by atoms with Crippen LogP contribution in [0.1, 0.15) is 16.2 Å². The molecule has 0 unspecified atom stereocenters. The zero-order chi connectivity index (χ0) is 20.4. The summed E-state index contributed by atoms with van der Waals surface area (Å²) in [7, 11) is 1.58. The quantitative estimate of drug-likeness (QED) is 0.586. The van der Waals surface area contributed by atoms with Crippen LogP contribution in [-0.2, 0) is 4.74 Å². The molecule has 10 heteroatoms. The molecule has 1 aliphatic heterocycles. The van der Waals surface area contributed by atoms with Crippen LogP contribution in [-0.4, -0.2) is 67.5 Å². The standard InChI is InChI=1S/C19H21ClN4O4S/c1-12-11-14(22-28-12)18(25)24(6-5-23-7-9-27-10-8-23)19-21-16-15(26-2)4-3-13(20)17(16)29-19/h3-4,11H,5-10H2,1-2H3. The number of aryl methyl sites for hydroxylation is 1. The van der Waals surface area contributed by atoms with Gasteiger partial charge in [0.2, 0.25) is 0 Å². The average molecular weight is 437 g/mol. The Kier molecular flexibility index (Phi) is 6.00. The van der Waals surface area contributed by atoms with Crippen LogP contribution < -0.4 is 9.64 Å². The van der Waals surface area contributed by atoms with Gasteiger partial charge in [-0.25, -0.2) is 4.98 Å². The Hall–Kier alpha value is -2.20. The molecule has 1 aliphatic rings. The summed E-state index contributed by atoms with van der Waals surface area (Å²) in [6, 6.07) is 5.17. The van der Waals surface area contributed by atoms with Crippen LogP contribution in [0.2, 0.25) is 5.02 Å². The predicted molar refractivity (Wildman–Crippen MR) is 111 cm³/mol. The summed E-state index contributed by atoms with van der Waals surface area (Å²) < 4.78 is 16.7. The van der Waals surface area contributed by atoms with Crippen molar-refractivity contribution < 1.29 is 18.8 Å². The van der Waals surface area contributed by atoms with E-state index < -0.39 is 0 Å². The molecule has 8 nitrogen and oxygen atoms in total. The molecule has 3 heterocycles. The molecule has 3 aromatic rings. The van der Waals surface area contributed by atoms with Crippen molar-refractivity contribution in [1.29, 1.82) is 0 Å². The first-order valence-electron chi connectivity index (χ1n) is 9.25. The predicted octanol–water partition coefficient (Wildman–Crippen LogP) is 3.23. The number of benzene rings is 1. The fraction of sp³-hybridized carbons (Fsp3) is 0.421. The van der Waals surface area contributed by atoms with Crippen LogP contribution in [0.3, 0.4) is 0 Å². The number of hydrogen-bond donors (Lipinski definition) is 0. The molecular weight excluding hydrogens is 416 g/mol. The number of ether oxygens (including phenoxy) is 2. The van der Waals surface area contributed by atoms with Gasteiger partial charge in [-0.15, -0.1) is 0 Å². The third-order valence-electron chi connectivity index (χ3n) is 4.73. The Bertz CT molecular complexity index is 1010. The molecule has 1 saturated heterocycles. The second-order valence-corrected chi connectivity index (χ2v) is 8.04. The highest BCUT2D eigenvalue weighted by Crippen LogP contribution is 2.39. The van der Waals surface area contributed by atoms with E-state index in [2.05, 4.69) is 15.0 Å². The number of morpholine rings is 1. The van der Waals surface area contributed by atoms with Gasteiger partial charge in [0.15, 0.2) is 10.8 Å². The van der Waals surface area contributed by atoms with Crippen LogP contribution in [0.5, 0.6) is 5.75 Å². The van der Waals surface area contributed by atoms with Crippen molar-refractivity contribution in [3.8, 4) is 5.75 Å². The van der Waals surface area contributed by atoms with Crippen LogP contribution in [0, 0.1) is 6.92 Å². The Balaban J connectivity index is 1.68. The van der Waals surface area contributed by atoms with Crippen molar-refractivity contribution in [1.82, 2.24) is 15.0 Å². The second kappa shape index (κ2) is 8.66. The summed E-state index contributed by atoms with van der Waals surface area (Å²) in [6.45, 7) is 5.99. The van der Waals surface area contributed by atoms with E-state index in [0.29, 0.717) is 53.5 Å². The zero-order valence-corrected chi connectivity index (χ0v) is 17.8. The Morgan fingerprint density at radius 2 is 2.17 bits per heavy atom. The van der Waals surface area contributed by atoms with Gasteiger partial charge in [0.1, 0.15) is 17.0 Å². The molecule has 2 aromatic heterocycles. The molecule has 0 atom stereocenters. The molecule has 0 radical (unpaired) electrons. The van der Waals surface area contributed by atoms with Crippen LogP contribution in [0.4, 0.5) is 5.13 Å². The number of carbonyl (C=O) groups excluding carboxylic acids is 1. The van der Waals surface area contributed by atoms with E-state index >= 15 is 0 Å². The molecule has 0 saturated carbocycles. The first-order chi connectivity index (χ1) is 14.1. The van der Waals surface area contributed by atoms with E-state index in [0.717, 1.165) is 17.8 Å². The third kappa shape index (κ3) is 4.23. The lowest BCUT2D eigenvalue weighted by molar-refractivity contribution is 0.0391. The van der Waals surface area contributed by atoms with Gasteiger partial charge in [0.25, 0.3) is 5.91 Å². The van der Waals surface area contributed by atoms with Crippen LogP contribution >= 0.6 is 22.9 Å². The van der Waals surface area contributed by atoms with Gasteiger partial charge in [-0.05, 0) is 19.1 Å². The van der Waals surface area contributed by atoms with Crippen LogP contribution in [0.25, 0.3) is 10.2 Å². The molecule has 1 fully saturated rings. The Morgan fingerprint density at radius 3 is 2.86 bits per heavy atom. The molecule has 1 amide bonds. The molecule has 1 aromatic carbocycles. The molecule has 29 heavy (non-hydrogen) atoms. The monoisotopic (exact) mass is 436 g/mol. The van der Waals surface area contributed by atoms with Gasteiger partial charge in [-0.2, -0.15) is 0 Å². The number of fused-ring (bicyclic) bond motifs is 1. The topological polar surface area (TPSA) is 80.9 Å². The number of anilines is 1. The van der Waals surface area contributed by atoms with E-state index in [1.165, 1.54) is 11.3 Å². The van der Waals surface area contributed by atoms with Gasteiger partial charge in [-0.3, -0.25) is 14.6 Å². The number of hydrogen-bond acceptors (Lipinski definition) is 8. The normalized spacial score (nSPS) is 15.0. The third-order valence-corrected chi connectivity index (χ3v) is 6.27. The maximum absolute atomic E-state index is 13.2. The SMILES string of the molecule is COc1ccc(Cl)c2sc(N(CCN3CCOCC3)C(=O)c3cc(C)on3)nc12. The van der Waals surface area contributed by atoms with Crippen molar-refractivity contribution in [2.24, 2.45) is 0 Å². The number of carbonyl (C=O) groups is 1. The second-order valence-electron chi connectivity index (χ2n) is 6.66. The van der Waals surface area contributed by atoms with E-state index in [4.69, 9.17) is 25.6 Å². The minimum absolute atomic E-state index is 0.252. The molecular formula is C19H21ClN4O4S. The van der Waals surface area contributed by atoms with Crippen molar-refractivity contribution in [2.75, 3.05) is 51.4 Å². The Morgan fingerprint density at radius 1 is 1.38 bits per heavy atom. The summed E-state index contributed by atoms with van der Waals surface area (Å²) in [5.41, 5.74) is 0.891. The smallest absolute Gasteiger partial charge is 0.282 e. The number of halogens is 1. The van der Waals surface area contributed by atoms with Gasteiger partial charge in [-0.1, -0.05) is 28.1 Å². The summed E-state index contributed by atoms with van der Waals surface area (Å²) in [5, 5.41) is 5.01. The molecule has 0 N–H and O–H groups in total. The fourth-order valence-electron chi connectivity index (χ4n) is 3.18. The first-order valence-corrected chi connectivity index (χ1v) is 10.4. The summed E-state index contributed by atoms with van der Waals surface area (Å²) in [5.74, 6) is 0.935. The largest absolute Gasteiger partial charge is 0.494 e. The molecule has 0 aliphatic carbocycles. The number of nitrogens with zero attached hydrogens (tertiary/aromatic N) is 4. The molecule has 0 bridgehead atoms. The number of aromatic nitrogens is 2. The molecule has 0 spiro atoms. The van der Waals surface area contributed by atoms with Gasteiger partial charge in [0.05, 0.1) is 30.0 Å². The van der Waals surface area contributed by atoms with Gasteiger partial charge >= 0.3 is 0 Å². The van der Waals surface area contributed by atoms with Gasteiger partial charge in [0, 0.05) is 32.2 Å². The number of amides is 1. The number of methoxy groups -OCH3 is 1. The lowest BCUT2D eigenvalue weighted by Crippen LogP contribution is -2.43. The van der Waals surface area contributed by atoms with Crippen LogP contribution in [0.15, 0.2) is 22.7 Å². The number of rotatable bonds is 6. The molecule has 4 rings (SSSR count). The minimum Gasteiger partial charge on any atom is -0.494 e.